The van der Waals surface area contributed by atoms with Crippen molar-refractivity contribution < 1.29 is 9.16 Å². The minimum Gasteiger partial charge on any atom is -0.542 e. The van der Waals surface area contributed by atoms with Gasteiger partial charge in [0.25, 0.3) is 8.32 Å². The van der Waals surface area contributed by atoms with Crippen molar-refractivity contribution in [3.8, 4) is 0 Å². The second-order valence-electron chi connectivity index (χ2n) is 13.1. The Morgan fingerprint density at radius 3 is 2.11 bits per heavy atom. The topological polar surface area (TPSA) is 18.5 Å². The number of thioether (sulfide) groups is 1. The van der Waals surface area contributed by atoms with E-state index in [1.54, 1.807) is 5.57 Å². The summed E-state index contributed by atoms with van der Waals surface area (Å²) >= 11 is 1.91. The second kappa shape index (κ2) is 9.72. The number of fused-ring (bicyclic) bond motifs is 3. The van der Waals surface area contributed by atoms with Crippen LogP contribution in [0.4, 0.5) is 0 Å². The highest BCUT2D eigenvalue weighted by Crippen LogP contribution is 2.68. The summed E-state index contributed by atoms with van der Waals surface area (Å²) in [5, 5.41) is 0. The predicted octanol–water partition coefficient (Wildman–Crippen LogP) is 9.35. The highest BCUT2D eigenvalue weighted by molar-refractivity contribution is 8.02. The first-order chi connectivity index (χ1) is 16.4. The summed E-state index contributed by atoms with van der Waals surface area (Å²) in [6, 6.07) is 10.7. The van der Waals surface area contributed by atoms with Gasteiger partial charge in [-0.25, -0.2) is 0 Å². The molecule has 4 rings (SSSR count). The Kier molecular flexibility index (Phi) is 7.52. The number of hydrogen-bond donors (Lipinski definition) is 0. The van der Waals surface area contributed by atoms with Crippen LogP contribution in [0.1, 0.15) is 80.7 Å². The van der Waals surface area contributed by atoms with Gasteiger partial charge in [-0.2, -0.15) is 0 Å². The zero-order valence-electron chi connectivity index (χ0n) is 23.8. The summed E-state index contributed by atoms with van der Waals surface area (Å²) in [4.78, 5) is 1.43. The molecule has 0 heterocycles. The lowest BCUT2D eigenvalue weighted by Crippen LogP contribution is -2.47. The third kappa shape index (κ3) is 4.40. The number of rotatable bonds is 9. The van der Waals surface area contributed by atoms with Gasteiger partial charge in [0, 0.05) is 16.2 Å². The molecule has 2 fully saturated rings. The van der Waals surface area contributed by atoms with Crippen molar-refractivity contribution in [2.24, 2.45) is 22.7 Å². The molecule has 0 aromatic heterocycles. The molecule has 1 aromatic carbocycles. The molecule has 4 heteroatoms. The maximum absolute atomic E-state index is 7.33. The molecule has 0 N–H and O–H groups in total. The van der Waals surface area contributed by atoms with Crippen molar-refractivity contribution in [2.75, 3.05) is 6.26 Å². The Labute approximate surface area is 220 Å². The highest BCUT2D eigenvalue weighted by Gasteiger charge is 2.63. The van der Waals surface area contributed by atoms with Crippen LogP contribution in [0.15, 0.2) is 52.6 Å². The first kappa shape index (κ1) is 27.1. The predicted molar refractivity (Wildman–Crippen MR) is 154 cm³/mol. The normalized spacial score (nSPS) is 29.9. The van der Waals surface area contributed by atoms with Gasteiger partial charge in [-0.15, -0.1) is 11.8 Å². The van der Waals surface area contributed by atoms with E-state index < -0.39 is 8.32 Å². The van der Waals surface area contributed by atoms with Gasteiger partial charge in [-0.05, 0) is 64.3 Å². The molecule has 35 heavy (non-hydrogen) atoms. The van der Waals surface area contributed by atoms with E-state index in [4.69, 9.17) is 9.16 Å². The zero-order chi connectivity index (χ0) is 25.8. The second-order valence-corrected chi connectivity index (χ2v) is 19.3. The summed E-state index contributed by atoms with van der Waals surface area (Å²) in [6.45, 7) is 22.4. The summed E-state index contributed by atoms with van der Waals surface area (Å²) in [7, 11) is -2.02. The van der Waals surface area contributed by atoms with Crippen molar-refractivity contribution in [2.45, 2.75) is 104 Å². The van der Waals surface area contributed by atoms with Crippen LogP contribution in [0.25, 0.3) is 0 Å². The van der Waals surface area contributed by atoms with Crippen LogP contribution in [-0.4, -0.2) is 20.7 Å². The Morgan fingerprint density at radius 1 is 0.971 bits per heavy atom. The van der Waals surface area contributed by atoms with E-state index in [0.29, 0.717) is 35.1 Å². The Balaban J connectivity index is 1.69. The van der Waals surface area contributed by atoms with Crippen LogP contribution in [0, 0.1) is 22.7 Å². The Bertz CT molecular complexity index is 955. The number of ether oxygens (including phenoxy) is 1. The molecule has 4 atom stereocenters. The van der Waals surface area contributed by atoms with Gasteiger partial charge in [0.15, 0.2) is 0 Å². The van der Waals surface area contributed by atoms with Crippen molar-refractivity contribution in [3.05, 3.63) is 58.2 Å². The summed E-state index contributed by atoms with van der Waals surface area (Å²) in [5.41, 5.74) is 4.82. The average Bonchev–Trinajstić information content (AvgIpc) is 3.29. The van der Waals surface area contributed by atoms with Crippen LogP contribution < -0.4 is 0 Å². The van der Waals surface area contributed by atoms with E-state index in [2.05, 4.69) is 105 Å². The Hall–Kier alpha value is -0.973. The van der Waals surface area contributed by atoms with E-state index >= 15 is 0 Å². The van der Waals surface area contributed by atoms with Crippen molar-refractivity contribution in [3.63, 3.8) is 0 Å². The largest absolute Gasteiger partial charge is 0.542 e. The molecule has 0 bridgehead atoms. The summed E-state index contributed by atoms with van der Waals surface area (Å²) in [5.74, 6) is 2.39. The summed E-state index contributed by atoms with van der Waals surface area (Å²) < 4.78 is 14.2. The van der Waals surface area contributed by atoms with E-state index in [9.17, 15) is 0 Å². The lowest BCUT2D eigenvalue weighted by atomic mass is 9.73. The minimum atomic E-state index is -2.02. The third-order valence-corrected chi connectivity index (χ3v) is 16.4. The van der Waals surface area contributed by atoms with E-state index in [1.807, 2.05) is 11.8 Å². The van der Waals surface area contributed by atoms with E-state index in [1.165, 1.54) is 29.1 Å². The SMILES string of the molecule is CSC1=C2C[C@H]3CC(C)(C)[C@H](OCc4ccccc4)[C@H]3[C@]2(C)C=C1O[Si](C(C)C)(C(C)C)C(C)C. The Morgan fingerprint density at radius 2 is 1.57 bits per heavy atom. The minimum absolute atomic E-state index is 0.0263. The number of hydrogen-bond acceptors (Lipinski definition) is 3. The molecule has 2 saturated carbocycles. The van der Waals surface area contributed by atoms with Gasteiger partial charge in [-0.1, -0.05) is 92.6 Å². The molecule has 0 spiro atoms. The summed E-state index contributed by atoms with van der Waals surface area (Å²) in [6.07, 6.45) is 7.47. The molecular weight excluding hydrogens is 464 g/mol. The smallest absolute Gasteiger partial charge is 0.258 e. The molecule has 0 saturated heterocycles. The van der Waals surface area contributed by atoms with Crippen LogP contribution in [-0.2, 0) is 15.8 Å². The first-order valence-electron chi connectivity index (χ1n) is 13.7. The van der Waals surface area contributed by atoms with Gasteiger partial charge in [-0.3, -0.25) is 0 Å². The lowest BCUT2D eigenvalue weighted by Gasteiger charge is -2.43. The van der Waals surface area contributed by atoms with Gasteiger partial charge in [0.05, 0.1) is 12.7 Å². The fourth-order valence-corrected chi connectivity index (χ4v) is 14.5. The number of benzene rings is 1. The van der Waals surface area contributed by atoms with Crippen molar-refractivity contribution >= 4 is 20.1 Å². The van der Waals surface area contributed by atoms with Crippen LogP contribution in [0.5, 0.6) is 0 Å². The van der Waals surface area contributed by atoms with Gasteiger partial charge >= 0.3 is 0 Å². The monoisotopic (exact) mass is 512 g/mol. The maximum Gasteiger partial charge on any atom is 0.258 e. The van der Waals surface area contributed by atoms with Crippen molar-refractivity contribution in [1.29, 1.82) is 0 Å². The van der Waals surface area contributed by atoms with Gasteiger partial charge in [0.2, 0.25) is 0 Å². The van der Waals surface area contributed by atoms with E-state index in [-0.39, 0.29) is 16.9 Å². The zero-order valence-corrected chi connectivity index (χ0v) is 25.6. The standard InChI is InChI=1S/C31H48O2SSi/c1-20(2)35(21(3)4,22(5)6)33-26-18-31(9)25(28(26)34-10)16-24-17-30(7,8)29(27(24)31)32-19-23-14-12-11-13-15-23/h11-15,18,20-22,24,27,29H,16-17,19H2,1-10H3/t24-,27-,29+,31+/m0/s1. The van der Waals surface area contributed by atoms with E-state index in [0.717, 1.165) is 0 Å². The molecule has 0 aliphatic heterocycles. The molecule has 3 aliphatic rings. The molecule has 0 radical (unpaired) electrons. The average molecular weight is 513 g/mol. The van der Waals surface area contributed by atoms with Crippen LogP contribution in [0.2, 0.25) is 16.6 Å². The molecule has 194 valence electrons. The maximum atomic E-state index is 7.33. The fourth-order valence-electron chi connectivity index (χ4n) is 8.28. The van der Waals surface area contributed by atoms with Crippen LogP contribution >= 0.6 is 11.8 Å². The lowest BCUT2D eigenvalue weighted by molar-refractivity contribution is -0.0569. The molecule has 3 aliphatic carbocycles. The fraction of sp³-hybridized carbons (Fsp3) is 0.677. The quantitative estimate of drug-likeness (QED) is 0.307. The first-order valence-corrected chi connectivity index (χ1v) is 17.1. The van der Waals surface area contributed by atoms with Crippen LogP contribution in [0.3, 0.4) is 0 Å². The molecular formula is C31H48O2SSi. The third-order valence-electron chi connectivity index (χ3n) is 9.60. The molecule has 0 amide bonds. The highest BCUT2D eigenvalue weighted by atomic mass is 32.2. The number of allylic oxidation sites excluding steroid dienone is 2. The van der Waals surface area contributed by atoms with Gasteiger partial charge in [0.1, 0.15) is 5.76 Å². The van der Waals surface area contributed by atoms with Gasteiger partial charge < -0.3 is 9.16 Å². The van der Waals surface area contributed by atoms with Crippen molar-refractivity contribution in [1.82, 2.24) is 0 Å². The molecule has 1 aromatic rings. The molecule has 0 unspecified atom stereocenters. The molecule has 2 nitrogen and oxygen atoms in total.